The zero-order chi connectivity index (χ0) is 16.4. The van der Waals surface area contributed by atoms with Gasteiger partial charge in [-0.15, -0.1) is 0 Å². The molecule has 0 spiro atoms. The number of amides is 2. The van der Waals surface area contributed by atoms with Crippen molar-refractivity contribution in [2.24, 2.45) is 0 Å². The summed E-state index contributed by atoms with van der Waals surface area (Å²) in [5.74, 6) is -0.878. The summed E-state index contributed by atoms with van der Waals surface area (Å²) in [6.07, 6.45) is 1.24. The minimum absolute atomic E-state index is 0.0143. The number of hydrogen-bond donors (Lipinski definition) is 3. The van der Waals surface area contributed by atoms with E-state index in [2.05, 4.69) is 15.5 Å². The second-order valence-corrected chi connectivity index (χ2v) is 5.18. The summed E-state index contributed by atoms with van der Waals surface area (Å²) < 4.78 is 0. The number of carbonyl (C=O) groups is 2. The zero-order valence-corrected chi connectivity index (χ0v) is 12.5. The van der Waals surface area contributed by atoms with Crippen molar-refractivity contribution in [3.8, 4) is 11.3 Å². The fraction of sp³-hybridized carbons (Fsp3) is 0.188. The Kier molecular flexibility index (Phi) is 3.94. The first-order valence-electron chi connectivity index (χ1n) is 7.17. The predicted molar refractivity (Wildman–Crippen MR) is 84.3 cm³/mol. The normalized spacial score (nSPS) is 14.3. The minimum atomic E-state index is -0.447. The number of benzene rings is 1. The van der Waals surface area contributed by atoms with E-state index in [1.807, 2.05) is 37.3 Å². The summed E-state index contributed by atoms with van der Waals surface area (Å²) in [6, 6.07) is 9.30. The SMILES string of the molecule is Cc1cc(-c2ccccc2NC2=CC(=O)N(CCO)C2=O)n[nH]1. The van der Waals surface area contributed by atoms with Crippen molar-refractivity contribution in [2.45, 2.75) is 6.92 Å². The summed E-state index contributed by atoms with van der Waals surface area (Å²) in [4.78, 5) is 25.0. The van der Waals surface area contributed by atoms with Crippen LogP contribution in [0.5, 0.6) is 0 Å². The fourth-order valence-electron chi connectivity index (χ4n) is 2.43. The molecule has 2 heterocycles. The standard InChI is InChI=1S/C16H16N4O3/c1-10-8-13(19-18-10)11-4-2-3-5-12(11)17-14-9-15(22)20(6-7-21)16(14)23/h2-5,8-9,17,21H,6-7H2,1H3,(H,18,19). The van der Waals surface area contributed by atoms with Gasteiger partial charge in [-0.25, -0.2) is 0 Å². The van der Waals surface area contributed by atoms with E-state index in [9.17, 15) is 9.59 Å². The van der Waals surface area contributed by atoms with Gasteiger partial charge in [0.15, 0.2) is 0 Å². The van der Waals surface area contributed by atoms with E-state index in [-0.39, 0.29) is 18.8 Å². The third kappa shape index (κ3) is 2.86. The van der Waals surface area contributed by atoms with Gasteiger partial charge in [0.05, 0.1) is 18.8 Å². The van der Waals surface area contributed by atoms with Crippen LogP contribution < -0.4 is 5.32 Å². The number of hydrogen-bond acceptors (Lipinski definition) is 5. The van der Waals surface area contributed by atoms with Gasteiger partial charge in [-0.05, 0) is 19.1 Å². The zero-order valence-electron chi connectivity index (χ0n) is 12.5. The number of aliphatic hydroxyl groups is 1. The maximum absolute atomic E-state index is 12.2. The van der Waals surface area contributed by atoms with E-state index < -0.39 is 11.8 Å². The number of rotatable bonds is 5. The minimum Gasteiger partial charge on any atom is -0.395 e. The van der Waals surface area contributed by atoms with Crippen LogP contribution in [0, 0.1) is 6.92 Å². The highest BCUT2D eigenvalue weighted by Crippen LogP contribution is 2.28. The van der Waals surface area contributed by atoms with Gasteiger partial charge in [0.25, 0.3) is 11.8 Å². The maximum atomic E-state index is 12.2. The Morgan fingerprint density at radius 3 is 2.78 bits per heavy atom. The molecular weight excluding hydrogens is 296 g/mol. The van der Waals surface area contributed by atoms with Gasteiger partial charge < -0.3 is 10.4 Å². The van der Waals surface area contributed by atoms with Crippen molar-refractivity contribution in [1.29, 1.82) is 0 Å². The lowest BCUT2D eigenvalue weighted by molar-refractivity contribution is -0.137. The van der Waals surface area contributed by atoms with E-state index in [1.54, 1.807) is 0 Å². The molecule has 0 atom stereocenters. The Bertz CT molecular complexity index is 794. The Balaban J connectivity index is 1.89. The van der Waals surface area contributed by atoms with Crippen LogP contribution in [0.4, 0.5) is 5.69 Å². The van der Waals surface area contributed by atoms with Gasteiger partial charge in [0, 0.05) is 23.0 Å². The van der Waals surface area contributed by atoms with Gasteiger partial charge in [-0.3, -0.25) is 19.6 Å². The highest BCUT2D eigenvalue weighted by molar-refractivity contribution is 6.17. The number of anilines is 1. The van der Waals surface area contributed by atoms with Crippen molar-refractivity contribution < 1.29 is 14.7 Å². The molecule has 0 saturated heterocycles. The van der Waals surface area contributed by atoms with E-state index in [0.717, 1.165) is 21.9 Å². The van der Waals surface area contributed by atoms with Gasteiger partial charge in [0.2, 0.25) is 0 Å². The first kappa shape index (κ1) is 15.0. The van der Waals surface area contributed by atoms with Crippen molar-refractivity contribution in [2.75, 3.05) is 18.5 Å². The molecule has 7 nitrogen and oxygen atoms in total. The van der Waals surface area contributed by atoms with Crippen molar-refractivity contribution in [1.82, 2.24) is 15.1 Å². The van der Waals surface area contributed by atoms with Crippen LogP contribution in [0.3, 0.4) is 0 Å². The van der Waals surface area contributed by atoms with Crippen LogP contribution in [-0.4, -0.2) is 45.2 Å². The second-order valence-electron chi connectivity index (χ2n) is 5.18. The molecule has 1 aliphatic rings. The Hall–Kier alpha value is -2.93. The molecule has 0 unspecified atom stereocenters. The van der Waals surface area contributed by atoms with E-state index in [1.165, 1.54) is 6.08 Å². The molecule has 23 heavy (non-hydrogen) atoms. The number of aryl methyl sites for hydroxylation is 1. The third-order valence-electron chi connectivity index (χ3n) is 3.51. The number of nitrogens with zero attached hydrogens (tertiary/aromatic N) is 2. The van der Waals surface area contributed by atoms with Crippen LogP contribution in [0.1, 0.15) is 5.69 Å². The molecule has 1 aromatic heterocycles. The molecule has 0 bridgehead atoms. The lowest BCUT2D eigenvalue weighted by Gasteiger charge is -2.14. The molecular formula is C16H16N4O3. The topological polar surface area (TPSA) is 98.3 Å². The molecule has 3 N–H and O–H groups in total. The highest BCUT2D eigenvalue weighted by atomic mass is 16.3. The number of para-hydroxylation sites is 1. The number of aromatic amines is 1. The summed E-state index contributed by atoms with van der Waals surface area (Å²) in [5, 5.41) is 19.0. The van der Waals surface area contributed by atoms with E-state index in [0.29, 0.717) is 5.69 Å². The monoisotopic (exact) mass is 312 g/mol. The number of carbonyl (C=O) groups excluding carboxylic acids is 2. The molecule has 2 amide bonds. The third-order valence-corrected chi connectivity index (χ3v) is 3.51. The quantitative estimate of drug-likeness (QED) is 0.717. The average molecular weight is 312 g/mol. The molecule has 1 aliphatic heterocycles. The summed E-state index contributed by atoms with van der Waals surface area (Å²) in [6.45, 7) is 1.63. The Morgan fingerprint density at radius 1 is 1.30 bits per heavy atom. The number of imide groups is 1. The molecule has 1 aromatic carbocycles. The number of aromatic nitrogens is 2. The van der Waals surface area contributed by atoms with Gasteiger partial charge in [-0.2, -0.15) is 5.10 Å². The molecule has 0 aliphatic carbocycles. The Morgan fingerprint density at radius 2 is 2.09 bits per heavy atom. The van der Waals surface area contributed by atoms with Crippen molar-refractivity contribution >= 4 is 17.5 Å². The summed E-state index contributed by atoms with van der Waals surface area (Å²) >= 11 is 0. The van der Waals surface area contributed by atoms with Crippen LogP contribution in [0.15, 0.2) is 42.1 Å². The maximum Gasteiger partial charge on any atom is 0.277 e. The van der Waals surface area contributed by atoms with Gasteiger partial charge in [0.1, 0.15) is 5.70 Å². The first-order valence-corrected chi connectivity index (χ1v) is 7.17. The average Bonchev–Trinajstić information content (AvgIpc) is 3.07. The van der Waals surface area contributed by atoms with Crippen LogP contribution in [0.2, 0.25) is 0 Å². The summed E-state index contributed by atoms with van der Waals surface area (Å²) in [5.41, 5.74) is 3.35. The molecule has 0 fully saturated rings. The summed E-state index contributed by atoms with van der Waals surface area (Å²) in [7, 11) is 0. The number of aliphatic hydroxyl groups excluding tert-OH is 1. The predicted octanol–water partition coefficient (Wildman–Crippen LogP) is 1.04. The van der Waals surface area contributed by atoms with Crippen molar-refractivity contribution in [3.05, 3.63) is 47.8 Å². The molecule has 2 aromatic rings. The largest absolute Gasteiger partial charge is 0.395 e. The molecule has 118 valence electrons. The van der Waals surface area contributed by atoms with E-state index in [4.69, 9.17) is 5.11 Å². The van der Waals surface area contributed by atoms with Gasteiger partial charge in [-0.1, -0.05) is 18.2 Å². The first-order chi connectivity index (χ1) is 11.1. The molecule has 3 rings (SSSR count). The fourth-order valence-corrected chi connectivity index (χ4v) is 2.43. The lowest BCUT2D eigenvalue weighted by Crippen LogP contribution is -2.34. The second kappa shape index (κ2) is 6.05. The van der Waals surface area contributed by atoms with E-state index >= 15 is 0 Å². The molecule has 0 radical (unpaired) electrons. The van der Waals surface area contributed by atoms with Crippen LogP contribution >= 0.6 is 0 Å². The smallest absolute Gasteiger partial charge is 0.277 e. The molecule has 0 saturated carbocycles. The Labute approximate surface area is 132 Å². The lowest BCUT2D eigenvalue weighted by atomic mass is 10.1. The van der Waals surface area contributed by atoms with Crippen molar-refractivity contribution in [3.63, 3.8) is 0 Å². The molecule has 7 heteroatoms. The number of β-amino-alcohol motifs (C(OH)–C–C–N with tert-alkyl or cyclic N) is 1. The van der Waals surface area contributed by atoms with Crippen LogP contribution in [0.25, 0.3) is 11.3 Å². The number of nitrogens with one attached hydrogen (secondary N) is 2. The number of H-pyrrole nitrogens is 1. The highest BCUT2D eigenvalue weighted by Gasteiger charge is 2.30. The van der Waals surface area contributed by atoms with Crippen LogP contribution in [-0.2, 0) is 9.59 Å². The van der Waals surface area contributed by atoms with Gasteiger partial charge >= 0.3 is 0 Å².